The van der Waals surface area contributed by atoms with E-state index in [1.54, 1.807) is 0 Å². The Bertz CT molecular complexity index is 290. The Hall–Kier alpha value is -0.600. The Morgan fingerprint density at radius 3 is 2.09 bits per heavy atom. The molecule has 126 valence electrons. The number of nitrogens with one attached hydrogen (secondary N) is 1. The predicted octanol–water partition coefficient (Wildman–Crippen LogP) is 5.37. The lowest BCUT2D eigenvalue weighted by atomic mass is 10.0. The zero-order valence-electron chi connectivity index (χ0n) is 14.4. The molecule has 1 N–H and O–H groups in total. The summed E-state index contributed by atoms with van der Waals surface area (Å²) in [6.45, 7) is 2.37. The molecule has 2 heteroatoms. The van der Waals surface area contributed by atoms with Gasteiger partial charge in [-0.25, -0.2) is 5.01 Å². The second kappa shape index (κ2) is 11.9. The van der Waals surface area contributed by atoms with Crippen LogP contribution < -0.4 is 5.43 Å². The average molecular weight is 305 g/mol. The van der Waals surface area contributed by atoms with E-state index in [4.69, 9.17) is 0 Å². The fraction of sp³-hybridized carbons (Fsp3) is 0.800. The third kappa shape index (κ3) is 7.60. The topological polar surface area (TPSA) is 15.3 Å². The van der Waals surface area contributed by atoms with Crippen LogP contribution in [0.3, 0.4) is 0 Å². The van der Waals surface area contributed by atoms with Crippen molar-refractivity contribution in [3.8, 4) is 0 Å². The fourth-order valence-electron chi connectivity index (χ4n) is 3.60. The van der Waals surface area contributed by atoms with Crippen LogP contribution in [0.2, 0.25) is 0 Å². The van der Waals surface area contributed by atoms with Crippen molar-refractivity contribution in [3.05, 3.63) is 24.3 Å². The van der Waals surface area contributed by atoms with Gasteiger partial charge in [-0.05, 0) is 70.6 Å². The number of nitrogens with zero attached hydrogens (tertiary/aromatic N) is 1. The maximum atomic E-state index is 3.77. The van der Waals surface area contributed by atoms with Gasteiger partial charge in [0.05, 0.1) is 0 Å². The van der Waals surface area contributed by atoms with Crippen LogP contribution in [0.25, 0.3) is 0 Å². The zero-order valence-corrected chi connectivity index (χ0v) is 14.4. The van der Waals surface area contributed by atoms with Gasteiger partial charge < -0.3 is 0 Å². The van der Waals surface area contributed by atoms with E-state index in [0.29, 0.717) is 0 Å². The summed E-state index contributed by atoms with van der Waals surface area (Å²) >= 11 is 0. The van der Waals surface area contributed by atoms with Crippen molar-refractivity contribution in [2.45, 2.75) is 89.5 Å². The van der Waals surface area contributed by atoms with Crippen LogP contribution in [-0.2, 0) is 0 Å². The average Bonchev–Trinajstić information content (AvgIpc) is 2.64. The molecule has 2 aliphatic rings. The Kier molecular flexibility index (Phi) is 9.60. The van der Waals surface area contributed by atoms with Gasteiger partial charge in [-0.1, -0.05) is 37.1 Å². The van der Waals surface area contributed by atoms with E-state index in [1.807, 2.05) is 0 Å². The smallest absolute Gasteiger partial charge is 0.0243 e. The molecule has 0 bridgehead atoms. The van der Waals surface area contributed by atoms with Crippen LogP contribution in [-0.4, -0.2) is 24.1 Å². The molecule has 1 aliphatic carbocycles. The molecular weight excluding hydrogens is 268 g/mol. The van der Waals surface area contributed by atoms with Gasteiger partial charge in [0.15, 0.2) is 0 Å². The Balaban J connectivity index is 1.87. The second-order valence-electron chi connectivity index (χ2n) is 6.91. The first-order chi connectivity index (χ1) is 11.0. The van der Waals surface area contributed by atoms with Crippen molar-refractivity contribution in [1.82, 2.24) is 10.4 Å². The molecular formula is C20H36N2. The molecule has 0 saturated carbocycles. The van der Waals surface area contributed by atoms with Gasteiger partial charge in [-0.3, -0.25) is 5.43 Å². The minimum atomic E-state index is 0.747. The summed E-state index contributed by atoms with van der Waals surface area (Å²) in [5.74, 6) is 0. The summed E-state index contributed by atoms with van der Waals surface area (Å²) in [5.41, 5.74) is 3.77. The van der Waals surface area contributed by atoms with Crippen molar-refractivity contribution in [2.24, 2.45) is 0 Å². The molecule has 2 rings (SSSR count). The molecule has 0 spiro atoms. The lowest BCUT2D eigenvalue weighted by Crippen LogP contribution is -2.46. The minimum Gasteiger partial charge on any atom is -0.255 e. The first-order valence-electron chi connectivity index (χ1n) is 9.77. The lowest BCUT2D eigenvalue weighted by molar-refractivity contribution is 0.104. The lowest BCUT2D eigenvalue weighted by Gasteiger charge is -2.32. The first kappa shape index (κ1) is 17.7. The van der Waals surface area contributed by atoms with Crippen molar-refractivity contribution in [1.29, 1.82) is 0 Å². The Morgan fingerprint density at radius 1 is 0.636 bits per heavy atom. The molecule has 1 unspecified atom stereocenters. The molecule has 0 aromatic heterocycles. The standard InChI is InChI=1S/C20H36N2/c1-2-5-9-13-17-20(16-12-8-4-1)22-19-15-11-7-3-6-10-14-18-21-22/h1,3-4,7,20-21H,2,5-6,8-19H2/b4-1-,7-3?. The van der Waals surface area contributed by atoms with Gasteiger partial charge in [0, 0.05) is 19.1 Å². The van der Waals surface area contributed by atoms with Gasteiger partial charge in [-0.2, -0.15) is 0 Å². The van der Waals surface area contributed by atoms with Crippen LogP contribution in [0.1, 0.15) is 83.5 Å². The van der Waals surface area contributed by atoms with Gasteiger partial charge >= 0.3 is 0 Å². The molecule has 1 aliphatic heterocycles. The van der Waals surface area contributed by atoms with Gasteiger partial charge in [0.2, 0.25) is 0 Å². The second-order valence-corrected chi connectivity index (χ2v) is 6.91. The third-order valence-electron chi connectivity index (χ3n) is 4.97. The number of hydrogen-bond donors (Lipinski definition) is 1. The summed E-state index contributed by atoms with van der Waals surface area (Å²) in [6.07, 6.45) is 26.8. The SMILES string of the molecule is C1=CCCCN(C2CCC/C=C\CCCCC2)NCCCC1. The van der Waals surface area contributed by atoms with Gasteiger partial charge in [0.1, 0.15) is 0 Å². The van der Waals surface area contributed by atoms with Crippen molar-refractivity contribution < 1.29 is 0 Å². The number of rotatable bonds is 1. The normalized spacial score (nSPS) is 29.2. The van der Waals surface area contributed by atoms with E-state index in [0.717, 1.165) is 12.6 Å². The van der Waals surface area contributed by atoms with Crippen LogP contribution in [0.5, 0.6) is 0 Å². The maximum Gasteiger partial charge on any atom is 0.0243 e. The van der Waals surface area contributed by atoms with Crippen LogP contribution in [0, 0.1) is 0 Å². The molecule has 1 atom stereocenters. The molecule has 0 fully saturated rings. The monoisotopic (exact) mass is 304 g/mol. The molecule has 0 saturated heterocycles. The van der Waals surface area contributed by atoms with Gasteiger partial charge in [-0.15, -0.1) is 0 Å². The molecule has 0 radical (unpaired) electrons. The summed E-state index contributed by atoms with van der Waals surface area (Å²) in [7, 11) is 0. The molecule has 2 nitrogen and oxygen atoms in total. The first-order valence-corrected chi connectivity index (χ1v) is 9.77. The van der Waals surface area contributed by atoms with E-state index in [2.05, 4.69) is 34.7 Å². The Labute approximate surface area is 138 Å². The molecule has 0 aromatic rings. The van der Waals surface area contributed by atoms with E-state index in [9.17, 15) is 0 Å². The highest BCUT2D eigenvalue weighted by atomic mass is 15.5. The summed E-state index contributed by atoms with van der Waals surface area (Å²) < 4.78 is 0. The molecule has 22 heavy (non-hydrogen) atoms. The Morgan fingerprint density at radius 2 is 1.27 bits per heavy atom. The van der Waals surface area contributed by atoms with Gasteiger partial charge in [0.25, 0.3) is 0 Å². The van der Waals surface area contributed by atoms with Crippen LogP contribution in [0.4, 0.5) is 0 Å². The number of hydrazine groups is 1. The van der Waals surface area contributed by atoms with Crippen molar-refractivity contribution in [3.63, 3.8) is 0 Å². The van der Waals surface area contributed by atoms with E-state index in [-0.39, 0.29) is 0 Å². The minimum absolute atomic E-state index is 0.747. The summed E-state index contributed by atoms with van der Waals surface area (Å²) in [4.78, 5) is 0. The fourth-order valence-corrected chi connectivity index (χ4v) is 3.60. The summed E-state index contributed by atoms with van der Waals surface area (Å²) in [5, 5.41) is 2.61. The largest absolute Gasteiger partial charge is 0.255 e. The van der Waals surface area contributed by atoms with Crippen molar-refractivity contribution in [2.75, 3.05) is 13.1 Å². The molecule has 0 amide bonds. The van der Waals surface area contributed by atoms with Crippen LogP contribution >= 0.6 is 0 Å². The van der Waals surface area contributed by atoms with Crippen LogP contribution in [0.15, 0.2) is 24.3 Å². The van der Waals surface area contributed by atoms with E-state index < -0.39 is 0 Å². The van der Waals surface area contributed by atoms with Crippen molar-refractivity contribution >= 4 is 0 Å². The highest BCUT2D eigenvalue weighted by molar-refractivity contribution is 4.85. The number of hydrogen-bond acceptors (Lipinski definition) is 2. The maximum absolute atomic E-state index is 3.77. The predicted molar refractivity (Wildman–Crippen MR) is 96.8 cm³/mol. The summed E-state index contributed by atoms with van der Waals surface area (Å²) in [6, 6.07) is 0.747. The zero-order chi connectivity index (χ0) is 15.3. The van der Waals surface area contributed by atoms with E-state index in [1.165, 1.54) is 90.0 Å². The molecule has 1 heterocycles. The quantitative estimate of drug-likeness (QED) is 0.655. The number of allylic oxidation sites excluding steroid dienone is 4. The third-order valence-corrected chi connectivity index (χ3v) is 4.97. The highest BCUT2D eigenvalue weighted by Gasteiger charge is 2.17. The van der Waals surface area contributed by atoms with E-state index >= 15 is 0 Å². The highest BCUT2D eigenvalue weighted by Crippen LogP contribution is 2.18. The molecule has 0 aromatic carbocycles.